The molecule has 3 fully saturated rings. The Balaban J connectivity index is 1.59. The van der Waals surface area contributed by atoms with Gasteiger partial charge in [-0.3, -0.25) is 4.79 Å². The number of piperazine rings is 1. The van der Waals surface area contributed by atoms with Gasteiger partial charge < -0.3 is 15.1 Å². The van der Waals surface area contributed by atoms with Crippen LogP contribution in [0, 0.1) is 5.92 Å². The molecule has 1 aromatic carbocycles. The van der Waals surface area contributed by atoms with E-state index in [1.807, 2.05) is 6.07 Å². The summed E-state index contributed by atoms with van der Waals surface area (Å²) in [6.45, 7) is 4.77. The van der Waals surface area contributed by atoms with Gasteiger partial charge in [-0.15, -0.1) is 0 Å². The van der Waals surface area contributed by atoms with Crippen LogP contribution in [-0.4, -0.2) is 69.8 Å². The Labute approximate surface area is 186 Å². The number of benzene rings is 1. The van der Waals surface area contributed by atoms with E-state index in [4.69, 9.17) is 0 Å². The van der Waals surface area contributed by atoms with Gasteiger partial charge in [0.1, 0.15) is 0 Å². The van der Waals surface area contributed by atoms with Crippen molar-refractivity contribution < 1.29 is 13.2 Å². The Morgan fingerprint density at radius 2 is 1.65 bits per heavy atom. The Morgan fingerprint density at radius 1 is 0.968 bits per heavy atom. The average Bonchev–Trinajstić information content (AvgIpc) is 3.28. The molecule has 0 atom stereocenters. The first kappa shape index (κ1) is 22.6. The fourth-order valence-corrected chi connectivity index (χ4v) is 6.57. The van der Waals surface area contributed by atoms with Crippen LogP contribution in [0.15, 0.2) is 23.1 Å². The molecule has 1 aliphatic carbocycles. The Hall–Kier alpha value is -1.64. The fraction of sp³-hybridized carbons (Fsp3) is 0.696. The zero-order valence-corrected chi connectivity index (χ0v) is 19.5. The van der Waals surface area contributed by atoms with E-state index in [0.29, 0.717) is 31.1 Å². The van der Waals surface area contributed by atoms with E-state index in [9.17, 15) is 13.2 Å². The van der Waals surface area contributed by atoms with Crippen molar-refractivity contribution in [3.8, 4) is 0 Å². The first-order valence-electron chi connectivity index (χ1n) is 11.8. The van der Waals surface area contributed by atoms with Crippen molar-refractivity contribution in [1.82, 2.24) is 9.21 Å². The topological polar surface area (TPSA) is 73.0 Å². The molecule has 1 amide bonds. The van der Waals surface area contributed by atoms with Crippen molar-refractivity contribution in [1.29, 1.82) is 0 Å². The van der Waals surface area contributed by atoms with E-state index in [-0.39, 0.29) is 10.8 Å². The molecule has 2 heterocycles. The maximum absolute atomic E-state index is 13.2. The summed E-state index contributed by atoms with van der Waals surface area (Å²) >= 11 is 0. The minimum Gasteiger partial charge on any atom is -0.367 e. The molecule has 3 aliphatic rings. The van der Waals surface area contributed by atoms with E-state index in [2.05, 4.69) is 22.2 Å². The quantitative estimate of drug-likeness (QED) is 0.724. The monoisotopic (exact) mass is 448 g/mol. The summed E-state index contributed by atoms with van der Waals surface area (Å²) in [5.74, 6) is 0.446. The number of amides is 1. The number of nitrogens with one attached hydrogen (secondary N) is 1. The molecule has 172 valence electrons. The van der Waals surface area contributed by atoms with E-state index >= 15 is 0 Å². The average molecular weight is 449 g/mol. The highest BCUT2D eigenvalue weighted by molar-refractivity contribution is 7.89. The number of carbonyl (C=O) groups excluding carboxylic acids is 1. The van der Waals surface area contributed by atoms with Crippen LogP contribution >= 0.6 is 0 Å². The third kappa shape index (κ3) is 5.41. The molecule has 31 heavy (non-hydrogen) atoms. The molecule has 4 rings (SSSR count). The summed E-state index contributed by atoms with van der Waals surface area (Å²) in [7, 11) is -1.44. The van der Waals surface area contributed by atoms with Crippen LogP contribution in [0.5, 0.6) is 0 Å². The van der Waals surface area contributed by atoms with Gasteiger partial charge in [-0.25, -0.2) is 8.42 Å². The third-order valence-electron chi connectivity index (χ3n) is 6.99. The Morgan fingerprint density at radius 3 is 2.32 bits per heavy atom. The molecule has 0 radical (unpaired) electrons. The van der Waals surface area contributed by atoms with Crippen molar-refractivity contribution >= 4 is 27.3 Å². The highest BCUT2D eigenvalue weighted by Crippen LogP contribution is 2.33. The van der Waals surface area contributed by atoms with E-state index in [1.165, 1.54) is 12.8 Å². The molecule has 1 aromatic rings. The fourth-order valence-electron chi connectivity index (χ4n) is 5.03. The van der Waals surface area contributed by atoms with Crippen molar-refractivity contribution in [3.63, 3.8) is 0 Å². The van der Waals surface area contributed by atoms with Gasteiger partial charge in [-0.1, -0.05) is 19.3 Å². The molecule has 2 saturated heterocycles. The number of nitrogens with zero attached hydrogens (tertiary/aromatic N) is 3. The first-order valence-corrected chi connectivity index (χ1v) is 13.2. The minimum absolute atomic E-state index is 0.00482. The molecule has 0 unspecified atom stereocenters. The van der Waals surface area contributed by atoms with Gasteiger partial charge in [0.15, 0.2) is 0 Å². The molecule has 0 aromatic heterocycles. The lowest BCUT2D eigenvalue weighted by Crippen LogP contribution is -2.44. The molecule has 0 bridgehead atoms. The number of piperidine rings is 1. The zero-order valence-electron chi connectivity index (χ0n) is 18.7. The summed E-state index contributed by atoms with van der Waals surface area (Å²) in [5.41, 5.74) is 1.55. The van der Waals surface area contributed by atoms with Crippen LogP contribution in [0.3, 0.4) is 0 Å². The molecule has 7 nitrogen and oxygen atoms in total. The third-order valence-corrected chi connectivity index (χ3v) is 8.88. The number of likely N-dealkylation sites (N-methyl/N-ethyl adjacent to an activating group) is 1. The van der Waals surface area contributed by atoms with E-state index in [0.717, 1.165) is 64.0 Å². The lowest BCUT2D eigenvalue weighted by molar-refractivity contribution is -0.117. The minimum atomic E-state index is -3.54. The number of sulfonamides is 1. The van der Waals surface area contributed by atoms with Crippen LogP contribution in [0.1, 0.15) is 51.4 Å². The molecule has 8 heteroatoms. The SMILES string of the molecule is CN1CCN(c2ccc(S(=O)(=O)N3CCCCC3)cc2NC(=O)CC2CCCC2)CC1. The first-order chi connectivity index (χ1) is 14.9. The van der Waals surface area contributed by atoms with Crippen LogP contribution in [0.4, 0.5) is 11.4 Å². The summed E-state index contributed by atoms with van der Waals surface area (Å²) in [6.07, 6.45) is 8.04. The van der Waals surface area contributed by atoms with Gasteiger partial charge in [0, 0.05) is 45.7 Å². The molecular formula is C23H36N4O3S. The van der Waals surface area contributed by atoms with Gasteiger partial charge in [-0.2, -0.15) is 4.31 Å². The number of anilines is 2. The molecular weight excluding hydrogens is 412 g/mol. The lowest BCUT2D eigenvalue weighted by atomic mass is 10.0. The van der Waals surface area contributed by atoms with Crippen molar-refractivity contribution in [2.75, 3.05) is 56.5 Å². The smallest absolute Gasteiger partial charge is 0.243 e. The van der Waals surface area contributed by atoms with Gasteiger partial charge in [0.2, 0.25) is 15.9 Å². The van der Waals surface area contributed by atoms with Crippen molar-refractivity contribution in [2.45, 2.75) is 56.3 Å². The zero-order chi connectivity index (χ0) is 21.8. The largest absolute Gasteiger partial charge is 0.367 e. The molecule has 1 N–H and O–H groups in total. The van der Waals surface area contributed by atoms with Gasteiger partial charge >= 0.3 is 0 Å². The van der Waals surface area contributed by atoms with Gasteiger partial charge in [0.25, 0.3) is 0 Å². The van der Waals surface area contributed by atoms with Crippen molar-refractivity contribution in [3.05, 3.63) is 18.2 Å². The summed E-state index contributed by atoms with van der Waals surface area (Å²) < 4.78 is 28.0. The second kappa shape index (κ2) is 9.88. The maximum Gasteiger partial charge on any atom is 0.243 e. The lowest BCUT2D eigenvalue weighted by Gasteiger charge is -2.35. The normalized spacial score (nSPS) is 22.0. The van der Waals surface area contributed by atoms with E-state index < -0.39 is 10.0 Å². The van der Waals surface area contributed by atoms with Crippen LogP contribution in [0.25, 0.3) is 0 Å². The summed E-state index contributed by atoms with van der Waals surface area (Å²) in [5, 5.41) is 3.08. The summed E-state index contributed by atoms with van der Waals surface area (Å²) in [6, 6.07) is 5.28. The van der Waals surface area contributed by atoms with Crippen LogP contribution in [-0.2, 0) is 14.8 Å². The molecule has 2 aliphatic heterocycles. The molecule has 1 saturated carbocycles. The van der Waals surface area contributed by atoms with Crippen molar-refractivity contribution in [2.24, 2.45) is 5.92 Å². The second-order valence-electron chi connectivity index (χ2n) is 9.34. The predicted molar refractivity (Wildman–Crippen MR) is 124 cm³/mol. The number of rotatable bonds is 6. The van der Waals surface area contributed by atoms with Crippen LogP contribution in [0.2, 0.25) is 0 Å². The van der Waals surface area contributed by atoms with E-state index in [1.54, 1.807) is 16.4 Å². The standard InChI is InChI=1S/C23H36N4O3S/c1-25-13-15-26(16-14-25)22-10-9-20(31(29,30)27-11-5-2-6-12-27)18-21(22)24-23(28)17-19-7-3-4-8-19/h9-10,18-19H,2-8,11-17H2,1H3,(H,24,28). The van der Waals surface area contributed by atoms with Gasteiger partial charge in [0.05, 0.1) is 16.3 Å². The number of hydrogen-bond donors (Lipinski definition) is 1. The summed E-state index contributed by atoms with van der Waals surface area (Å²) in [4.78, 5) is 17.6. The Bertz CT molecular complexity index is 869. The second-order valence-corrected chi connectivity index (χ2v) is 11.3. The maximum atomic E-state index is 13.2. The highest BCUT2D eigenvalue weighted by Gasteiger charge is 2.28. The number of carbonyl (C=O) groups is 1. The van der Waals surface area contributed by atoms with Gasteiger partial charge in [-0.05, 0) is 56.8 Å². The number of hydrogen-bond acceptors (Lipinski definition) is 5. The Kier molecular flexibility index (Phi) is 7.19. The predicted octanol–water partition coefficient (Wildman–Crippen LogP) is 3.13. The molecule has 0 spiro atoms. The highest BCUT2D eigenvalue weighted by atomic mass is 32.2. The van der Waals surface area contributed by atoms with Crippen LogP contribution < -0.4 is 10.2 Å².